The van der Waals surface area contributed by atoms with Crippen LogP contribution in [-0.2, 0) is 4.74 Å². The lowest BCUT2D eigenvalue weighted by atomic mass is 9.95. The number of aromatic nitrogens is 1. The van der Waals surface area contributed by atoms with Crippen LogP contribution in [-0.4, -0.2) is 39.9 Å². The van der Waals surface area contributed by atoms with Gasteiger partial charge in [-0.2, -0.15) is 0 Å². The highest BCUT2D eigenvalue weighted by Crippen LogP contribution is 2.23. The maximum atomic E-state index is 12.6. The molecule has 0 aliphatic carbocycles. The minimum atomic E-state index is -0.557. The van der Waals surface area contributed by atoms with Crippen LogP contribution in [0.5, 0.6) is 0 Å². The van der Waals surface area contributed by atoms with Crippen molar-refractivity contribution in [3.8, 4) is 0 Å². The molecule has 0 radical (unpaired) electrons. The summed E-state index contributed by atoms with van der Waals surface area (Å²) in [4.78, 5) is 30.4. The van der Waals surface area contributed by atoms with Crippen LogP contribution in [0.4, 0.5) is 4.79 Å². The van der Waals surface area contributed by atoms with Crippen molar-refractivity contribution in [1.82, 2.24) is 9.88 Å². The number of hydrogen-bond acceptors (Lipinski definition) is 4. The highest BCUT2D eigenvalue weighted by atomic mass is 16.6. The van der Waals surface area contributed by atoms with Crippen LogP contribution < -0.4 is 0 Å². The first-order chi connectivity index (χ1) is 9.88. The number of ketones is 1. The summed E-state index contributed by atoms with van der Waals surface area (Å²) in [5, 5.41) is 0. The van der Waals surface area contributed by atoms with Gasteiger partial charge in [-0.1, -0.05) is 0 Å². The van der Waals surface area contributed by atoms with Crippen LogP contribution in [0.15, 0.2) is 24.5 Å². The zero-order valence-corrected chi connectivity index (χ0v) is 12.8. The molecule has 1 aliphatic heterocycles. The summed E-state index contributed by atoms with van der Waals surface area (Å²) in [5.41, 5.74) is 0.0316. The van der Waals surface area contributed by atoms with Crippen molar-refractivity contribution in [1.29, 1.82) is 0 Å². The molecule has 5 nitrogen and oxygen atoms in total. The Labute approximate surface area is 125 Å². The topological polar surface area (TPSA) is 59.5 Å². The second-order valence-electron chi connectivity index (χ2n) is 6.29. The fourth-order valence-corrected chi connectivity index (χ4v) is 2.45. The standard InChI is InChI=1S/C16H22N2O3/c1-16(2,3)21-15(20)18-11-5-4-6-13(18)14(19)12-7-9-17-10-8-12/h7-10,13H,4-6,11H2,1-3H3. The van der Waals surface area contributed by atoms with Crippen LogP contribution in [0.2, 0.25) is 0 Å². The van der Waals surface area contributed by atoms with Gasteiger partial charge in [-0.05, 0) is 52.2 Å². The number of piperidine rings is 1. The number of carbonyl (C=O) groups excluding carboxylic acids is 2. The average molecular weight is 290 g/mol. The predicted octanol–water partition coefficient (Wildman–Crippen LogP) is 3.05. The first kappa shape index (κ1) is 15.5. The van der Waals surface area contributed by atoms with Gasteiger partial charge in [-0.3, -0.25) is 14.7 Å². The van der Waals surface area contributed by atoms with Crippen molar-refractivity contribution in [2.45, 2.75) is 51.7 Å². The van der Waals surface area contributed by atoms with E-state index >= 15 is 0 Å². The molecule has 5 heteroatoms. The summed E-state index contributed by atoms with van der Waals surface area (Å²) in [6.45, 7) is 6.05. The number of Topliss-reactive ketones (excluding diaryl/α,β-unsaturated/α-hetero) is 1. The zero-order valence-electron chi connectivity index (χ0n) is 12.8. The average Bonchev–Trinajstić information content (AvgIpc) is 2.45. The third kappa shape index (κ3) is 4.03. The smallest absolute Gasteiger partial charge is 0.410 e. The Bertz CT molecular complexity index is 508. The Kier molecular flexibility index (Phi) is 4.60. The minimum absolute atomic E-state index is 0.0389. The Morgan fingerprint density at radius 1 is 1.24 bits per heavy atom. The summed E-state index contributed by atoms with van der Waals surface area (Å²) in [7, 11) is 0. The summed E-state index contributed by atoms with van der Waals surface area (Å²) >= 11 is 0. The Morgan fingerprint density at radius 3 is 2.52 bits per heavy atom. The van der Waals surface area contributed by atoms with Crippen LogP contribution in [0, 0.1) is 0 Å². The van der Waals surface area contributed by atoms with Gasteiger partial charge >= 0.3 is 6.09 Å². The van der Waals surface area contributed by atoms with E-state index in [1.165, 1.54) is 0 Å². The Morgan fingerprint density at radius 2 is 1.90 bits per heavy atom. The van der Waals surface area contributed by atoms with Crippen LogP contribution in [0.3, 0.4) is 0 Å². The van der Waals surface area contributed by atoms with Crippen molar-refractivity contribution in [3.63, 3.8) is 0 Å². The van der Waals surface area contributed by atoms with E-state index < -0.39 is 17.7 Å². The molecular formula is C16H22N2O3. The van der Waals surface area contributed by atoms with Gasteiger partial charge in [0.05, 0.1) is 6.04 Å². The third-order valence-electron chi connectivity index (χ3n) is 3.40. The van der Waals surface area contributed by atoms with Crippen LogP contribution >= 0.6 is 0 Å². The molecule has 1 unspecified atom stereocenters. The molecule has 0 N–H and O–H groups in total. The van der Waals surface area contributed by atoms with E-state index in [0.29, 0.717) is 18.5 Å². The first-order valence-electron chi connectivity index (χ1n) is 7.32. The van der Waals surface area contributed by atoms with E-state index in [1.807, 2.05) is 20.8 Å². The van der Waals surface area contributed by atoms with E-state index in [4.69, 9.17) is 4.74 Å². The van der Waals surface area contributed by atoms with Crippen molar-refractivity contribution < 1.29 is 14.3 Å². The molecule has 114 valence electrons. The van der Waals surface area contributed by atoms with Crippen molar-refractivity contribution >= 4 is 11.9 Å². The molecule has 1 atom stereocenters. The van der Waals surface area contributed by atoms with Gasteiger partial charge in [0.25, 0.3) is 0 Å². The lowest BCUT2D eigenvalue weighted by Gasteiger charge is -2.35. The summed E-state index contributed by atoms with van der Waals surface area (Å²) in [5.74, 6) is -0.0389. The SMILES string of the molecule is CC(C)(C)OC(=O)N1CCCCC1C(=O)c1ccncc1. The van der Waals surface area contributed by atoms with Gasteiger partial charge in [-0.15, -0.1) is 0 Å². The molecule has 21 heavy (non-hydrogen) atoms. The molecule has 2 heterocycles. The van der Waals surface area contributed by atoms with Crippen molar-refractivity contribution in [2.75, 3.05) is 6.54 Å². The number of likely N-dealkylation sites (tertiary alicyclic amines) is 1. The molecule has 0 saturated carbocycles. The predicted molar refractivity (Wildman–Crippen MR) is 79.1 cm³/mol. The van der Waals surface area contributed by atoms with E-state index in [1.54, 1.807) is 29.4 Å². The van der Waals surface area contributed by atoms with Crippen LogP contribution in [0.1, 0.15) is 50.4 Å². The maximum Gasteiger partial charge on any atom is 0.410 e. The van der Waals surface area contributed by atoms with E-state index in [2.05, 4.69) is 4.98 Å². The number of pyridine rings is 1. The van der Waals surface area contributed by atoms with Crippen molar-refractivity contribution in [2.24, 2.45) is 0 Å². The van der Waals surface area contributed by atoms with E-state index in [-0.39, 0.29) is 5.78 Å². The quantitative estimate of drug-likeness (QED) is 0.785. The molecule has 0 bridgehead atoms. The number of amides is 1. The van der Waals surface area contributed by atoms with Crippen LogP contribution in [0.25, 0.3) is 0 Å². The lowest BCUT2D eigenvalue weighted by molar-refractivity contribution is 0.0105. The molecule has 1 aliphatic rings. The Balaban J connectivity index is 2.16. The minimum Gasteiger partial charge on any atom is -0.444 e. The molecule has 1 fully saturated rings. The van der Waals surface area contributed by atoms with Gasteiger partial charge in [0, 0.05) is 24.5 Å². The zero-order chi connectivity index (χ0) is 15.5. The molecule has 2 rings (SSSR count). The largest absolute Gasteiger partial charge is 0.444 e. The normalized spacial score (nSPS) is 19.2. The number of ether oxygens (including phenoxy) is 1. The summed E-state index contributed by atoms with van der Waals surface area (Å²) < 4.78 is 5.42. The molecule has 0 spiro atoms. The van der Waals surface area contributed by atoms with Gasteiger partial charge < -0.3 is 4.74 Å². The number of hydrogen-bond donors (Lipinski definition) is 0. The van der Waals surface area contributed by atoms with Crippen molar-refractivity contribution in [3.05, 3.63) is 30.1 Å². The first-order valence-corrected chi connectivity index (χ1v) is 7.32. The number of nitrogens with zero attached hydrogens (tertiary/aromatic N) is 2. The highest BCUT2D eigenvalue weighted by molar-refractivity contribution is 6.01. The van der Waals surface area contributed by atoms with E-state index in [9.17, 15) is 9.59 Å². The van der Waals surface area contributed by atoms with E-state index in [0.717, 1.165) is 12.8 Å². The summed E-state index contributed by atoms with van der Waals surface area (Å²) in [6.07, 6.45) is 5.30. The molecule has 1 saturated heterocycles. The molecule has 1 amide bonds. The Hall–Kier alpha value is -1.91. The summed E-state index contributed by atoms with van der Waals surface area (Å²) in [6, 6.07) is 2.94. The number of carbonyl (C=O) groups is 2. The maximum absolute atomic E-state index is 12.6. The molecule has 0 aromatic carbocycles. The lowest BCUT2D eigenvalue weighted by Crippen LogP contribution is -2.49. The third-order valence-corrected chi connectivity index (χ3v) is 3.40. The second-order valence-corrected chi connectivity index (χ2v) is 6.29. The van der Waals surface area contributed by atoms with Gasteiger partial charge in [-0.25, -0.2) is 4.79 Å². The fraction of sp³-hybridized carbons (Fsp3) is 0.562. The van der Waals surface area contributed by atoms with Gasteiger partial charge in [0.1, 0.15) is 5.60 Å². The monoisotopic (exact) mass is 290 g/mol. The van der Waals surface area contributed by atoms with Gasteiger partial charge in [0.2, 0.25) is 0 Å². The highest BCUT2D eigenvalue weighted by Gasteiger charge is 2.35. The van der Waals surface area contributed by atoms with Gasteiger partial charge in [0.15, 0.2) is 5.78 Å². The number of rotatable bonds is 2. The fourth-order valence-electron chi connectivity index (χ4n) is 2.45. The molecule has 1 aromatic rings. The second kappa shape index (κ2) is 6.24. The molecule has 1 aromatic heterocycles. The molecular weight excluding hydrogens is 268 g/mol.